The highest BCUT2D eigenvalue weighted by atomic mass is 35.5. The van der Waals surface area contributed by atoms with E-state index in [1.807, 2.05) is 0 Å². The van der Waals surface area contributed by atoms with E-state index in [0.717, 1.165) is 32.0 Å². The van der Waals surface area contributed by atoms with Gasteiger partial charge in [0.15, 0.2) is 0 Å². The standard InChI is InChI=1S/2C10H7ClF3NO2.C9H4Cl2F3NO2/c2*1-9(10(12,13)14)6-4-5(11)2-3-7(6)15-8(16)17-9;10-4-1-2-6-5(3-4)8(11,9(12,13)14)17-7(16)15-6/h2*2-4H,1H3,(H,15,16);1-3H,(H,15,16). The van der Waals surface area contributed by atoms with Gasteiger partial charge in [0.05, 0.1) is 17.1 Å². The van der Waals surface area contributed by atoms with E-state index in [4.69, 9.17) is 46.4 Å². The summed E-state index contributed by atoms with van der Waals surface area (Å²) >= 11 is 22.3. The van der Waals surface area contributed by atoms with Crippen molar-refractivity contribution in [2.24, 2.45) is 0 Å². The molecule has 51 heavy (non-hydrogen) atoms. The summed E-state index contributed by atoms with van der Waals surface area (Å²) < 4.78 is 129. The monoisotopic (exact) mass is 815 g/mol. The number of amides is 3. The molecule has 0 fully saturated rings. The number of ether oxygens (including phenoxy) is 3. The average Bonchev–Trinajstić information content (AvgIpc) is 2.97. The van der Waals surface area contributed by atoms with Crippen molar-refractivity contribution in [3.8, 4) is 0 Å². The van der Waals surface area contributed by atoms with Gasteiger partial charge in [0.25, 0.3) is 0 Å². The van der Waals surface area contributed by atoms with Gasteiger partial charge >= 0.3 is 41.9 Å². The summed E-state index contributed by atoms with van der Waals surface area (Å²) in [6, 6.07) is 11.2. The van der Waals surface area contributed by atoms with Crippen molar-refractivity contribution in [1.29, 1.82) is 0 Å². The van der Waals surface area contributed by atoms with Crippen LogP contribution in [0, 0.1) is 0 Å². The van der Waals surface area contributed by atoms with Gasteiger partial charge in [0, 0.05) is 31.8 Å². The molecular weight excluding hydrogens is 799 g/mol. The number of hydrogen-bond donors (Lipinski definition) is 3. The number of anilines is 3. The van der Waals surface area contributed by atoms with Crippen molar-refractivity contribution in [2.45, 2.75) is 48.6 Å². The second kappa shape index (κ2) is 13.5. The maximum atomic E-state index is 13.0. The van der Waals surface area contributed by atoms with E-state index >= 15 is 0 Å². The van der Waals surface area contributed by atoms with Crippen LogP contribution in [0.1, 0.15) is 30.5 Å². The minimum Gasteiger partial charge on any atom is -0.428 e. The molecule has 0 saturated carbocycles. The Morgan fingerprint density at radius 2 is 0.804 bits per heavy atom. The van der Waals surface area contributed by atoms with Crippen LogP contribution in [0.15, 0.2) is 54.6 Å². The van der Waals surface area contributed by atoms with Crippen LogP contribution in [0.3, 0.4) is 0 Å². The Kier molecular flexibility index (Phi) is 10.5. The summed E-state index contributed by atoms with van der Waals surface area (Å²) in [5, 5.41) is 3.62. The van der Waals surface area contributed by atoms with Crippen LogP contribution in [0.5, 0.6) is 0 Å². The first kappa shape index (κ1) is 39.8. The zero-order valence-corrected chi connectivity index (χ0v) is 28.1. The Bertz CT molecular complexity index is 1680. The Labute approximate surface area is 300 Å². The summed E-state index contributed by atoms with van der Waals surface area (Å²) in [4.78, 5) is 33.2. The van der Waals surface area contributed by atoms with Crippen LogP contribution in [0.25, 0.3) is 0 Å². The lowest BCUT2D eigenvalue weighted by atomic mass is 9.92. The van der Waals surface area contributed by atoms with Crippen LogP contribution in [-0.2, 0) is 30.5 Å². The normalized spacial score (nSPS) is 23.7. The molecule has 3 unspecified atom stereocenters. The summed E-state index contributed by atoms with van der Waals surface area (Å²) in [6.45, 7) is 1.59. The van der Waals surface area contributed by atoms with Crippen LogP contribution < -0.4 is 16.0 Å². The highest BCUT2D eigenvalue weighted by Crippen LogP contribution is 2.51. The van der Waals surface area contributed by atoms with Gasteiger partial charge in [-0.1, -0.05) is 46.4 Å². The number of nitrogens with one attached hydrogen (secondary N) is 3. The molecule has 0 aliphatic carbocycles. The van der Waals surface area contributed by atoms with Gasteiger partial charge in [-0.2, -0.15) is 39.5 Å². The fraction of sp³-hybridized carbons (Fsp3) is 0.276. The molecule has 3 heterocycles. The minimum absolute atomic E-state index is 0.0467. The topological polar surface area (TPSA) is 115 Å². The molecule has 0 bridgehead atoms. The third-order valence-corrected chi connectivity index (χ3v) is 8.50. The fourth-order valence-electron chi connectivity index (χ4n) is 4.63. The van der Waals surface area contributed by atoms with E-state index in [-0.39, 0.29) is 43.3 Å². The molecule has 3 aromatic rings. The molecule has 6 rings (SSSR count). The summed E-state index contributed by atoms with van der Waals surface area (Å²) in [7, 11) is 0. The quantitative estimate of drug-likeness (QED) is 0.118. The van der Waals surface area contributed by atoms with Gasteiger partial charge in [0.1, 0.15) is 0 Å². The number of rotatable bonds is 0. The van der Waals surface area contributed by atoms with Crippen LogP contribution in [0.4, 0.5) is 71.0 Å². The first-order valence-electron chi connectivity index (χ1n) is 13.5. The predicted octanol–water partition coefficient (Wildman–Crippen LogP) is 11.2. The number of carbonyl (C=O) groups excluding carboxylic acids is 3. The number of cyclic esters (lactones) is 3. The highest BCUT2D eigenvalue weighted by Gasteiger charge is 2.62. The van der Waals surface area contributed by atoms with E-state index in [0.29, 0.717) is 0 Å². The molecule has 0 radical (unpaired) electrons. The third-order valence-electron chi connectivity index (χ3n) is 7.30. The van der Waals surface area contributed by atoms with Gasteiger partial charge in [-0.05, 0) is 68.4 Å². The molecule has 0 saturated heterocycles. The highest BCUT2D eigenvalue weighted by molar-refractivity contribution is 6.32. The van der Waals surface area contributed by atoms with E-state index in [1.165, 1.54) is 36.4 Å². The smallest absolute Gasteiger partial charge is 0.428 e. The molecule has 3 amide bonds. The molecule has 22 heteroatoms. The number of benzene rings is 3. The van der Waals surface area contributed by atoms with E-state index in [9.17, 15) is 53.9 Å². The SMILES string of the molecule is CC1(C(F)(F)F)OC(=O)Nc2ccc(Cl)cc21.CC1(C(F)(F)F)OC(=O)Nc2ccc(Cl)cc21.O=C1Nc2ccc(Cl)cc2C(Cl)(C(F)(F)F)O1. The predicted molar refractivity (Wildman–Crippen MR) is 165 cm³/mol. The van der Waals surface area contributed by atoms with Gasteiger partial charge < -0.3 is 14.2 Å². The Morgan fingerprint density at radius 3 is 1.12 bits per heavy atom. The van der Waals surface area contributed by atoms with Gasteiger partial charge in [-0.3, -0.25) is 16.0 Å². The van der Waals surface area contributed by atoms with Crippen molar-refractivity contribution in [2.75, 3.05) is 16.0 Å². The maximum absolute atomic E-state index is 13.0. The summed E-state index contributed by atoms with van der Waals surface area (Å²) in [5.41, 5.74) is -6.23. The van der Waals surface area contributed by atoms with Crippen LogP contribution in [0.2, 0.25) is 15.1 Å². The second-order valence-electron chi connectivity index (χ2n) is 10.8. The molecule has 3 aliphatic rings. The molecule has 3 aliphatic heterocycles. The van der Waals surface area contributed by atoms with E-state index < -0.39 is 58.6 Å². The second-order valence-corrected chi connectivity index (χ2v) is 12.6. The van der Waals surface area contributed by atoms with Crippen molar-refractivity contribution < 1.29 is 68.1 Å². The summed E-state index contributed by atoms with van der Waals surface area (Å²) in [6.07, 6.45) is -17.9. The number of hydrogen-bond acceptors (Lipinski definition) is 6. The zero-order chi connectivity index (χ0) is 38.5. The number of halogens is 13. The number of fused-ring (bicyclic) bond motifs is 3. The maximum Gasteiger partial charge on any atom is 0.448 e. The van der Waals surface area contributed by atoms with Crippen LogP contribution >= 0.6 is 46.4 Å². The number of carbonyl (C=O) groups is 3. The molecule has 276 valence electrons. The lowest BCUT2D eigenvalue weighted by molar-refractivity contribution is -0.257. The molecule has 3 aromatic carbocycles. The zero-order valence-electron chi connectivity index (χ0n) is 25.1. The minimum atomic E-state index is -4.95. The Hall–Kier alpha value is -4.00. The van der Waals surface area contributed by atoms with E-state index in [1.54, 1.807) is 0 Å². The fourth-order valence-corrected chi connectivity index (χ4v) is 5.38. The molecule has 0 spiro atoms. The summed E-state index contributed by atoms with van der Waals surface area (Å²) in [5.74, 6) is 0. The molecule has 3 N–H and O–H groups in total. The van der Waals surface area contributed by atoms with Crippen molar-refractivity contribution in [3.05, 3.63) is 86.4 Å². The van der Waals surface area contributed by atoms with Crippen molar-refractivity contribution in [3.63, 3.8) is 0 Å². The average molecular weight is 817 g/mol. The van der Waals surface area contributed by atoms with Crippen LogP contribution in [-0.4, -0.2) is 36.8 Å². The largest absolute Gasteiger partial charge is 0.448 e. The van der Waals surface area contributed by atoms with Gasteiger partial charge in [-0.15, -0.1) is 0 Å². The van der Waals surface area contributed by atoms with Crippen molar-refractivity contribution >= 4 is 81.7 Å². The molecular formula is C29H18Cl4F9N3O6. The van der Waals surface area contributed by atoms with E-state index in [2.05, 4.69) is 30.2 Å². The third kappa shape index (κ3) is 7.78. The van der Waals surface area contributed by atoms with Crippen molar-refractivity contribution in [1.82, 2.24) is 0 Å². The lowest BCUT2D eigenvalue weighted by Gasteiger charge is -2.36. The number of alkyl halides is 10. The molecule has 3 atom stereocenters. The van der Waals surface area contributed by atoms with Gasteiger partial charge in [-0.25, -0.2) is 14.4 Å². The Morgan fingerprint density at radius 1 is 0.510 bits per heavy atom. The first-order valence-corrected chi connectivity index (χ1v) is 15.0. The Balaban J connectivity index is 0.000000172. The first-order chi connectivity index (χ1) is 23.2. The molecule has 0 aromatic heterocycles. The molecule has 9 nitrogen and oxygen atoms in total. The lowest BCUT2D eigenvalue weighted by Crippen LogP contribution is -2.47. The van der Waals surface area contributed by atoms with Gasteiger partial charge in [0.2, 0.25) is 11.2 Å².